The second-order valence-electron chi connectivity index (χ2n) is 5.62. The zero-order chi connectivity index (χ0) is 19.0. The molecule has 136 valence electrons. The lowest BCUT2D eigenvalue weighted by Crippen LogP contribution is -2.05. The zero-order valence-electron chi connectivity index (χ0n) is 14.0. The quantitative estimate of drug-likeness (QED) is 0.546. The number of alkyl halides is 3. The highest BCUT2D eigenvalue weighted by Crippen LogP contribution is 2.33. The Balaban J connectivity index is 1.98. The van der Waals surface area contributed by atoms with Gasteiger partial charge in [0.25, 0.3) is 0 Å². The Hall–Kier alpha value is -3.49. The Morgan fingerprint density at radius 1 is 1.00 bits per heavy atom. The van der Waals surface area contributed by atoms with E-state index in [0.29, 0.717) is 28.7 Å². The molecule has 0 unspecified atom stereocenters. The summed E-state index contributed by atoms with van der Waals surface area (Å²) < 4.78 is 45.8. The molecule has 6 nitrogen and oxygen atoms in total. The molecule has 0 saturated carbocycles. The number of aromatic nitrogens is 5. The van der Waals surface area contributed by atoms with E-state index in [9.17, 15) is 13.2 Å². The molecule has 0 atom stereocenters. The predicted octanol–water partition coefficient (Wildman–Crippen LogP) is 3.90. The highest BCUT2D eigenvalue weighted by Gasteiger charge is 2.31. The van der Waals surface area contributed by atoms with E-state index in [-0.39, 0.29) is 5.52 Å². The van der Waals surface area contributed by atoms with Crippen LogP contribution in [-0.2, 0) is 6.18 Å². The van der Waals surface area contributed by atoms with Gasteiger partial charge in [-0.05, 0) is 36.4 Å². The first kappa shape index (κ1) is 17.0. The van der Waals surface area contributed by atoms with Gasteiger partial charge in [0.05, 0.1) is 23.7 Å². The van der Waals surface area contributed by atoms with Crippen molar-refractivity contribution in [3.05, 3.63) is 60.3 Å². The molecule has 4 aromatic rings. The normalized spacial score (nSPS) is 11.7. The second kappa shape index (κ2) is 6.35. The molecule has 3 aromatic heterocycles. The fourth-order valence-corrected chi connectivity index (χ4v) is 2.70. The summed E-state index contributed by atoms with van der Waals surface area (Å²) in [6.45, 7) is 0. The highest BCUT2D eigenvalue weighted by atomic mass is 19.4. The van der Waals surface area contributed by atoms with Crippen LogP contribution >= 0.6 is 0 Å². The van der Waals surface area contributed by atoms with Gasteiger partial charge in [0.1, 0.15) is 5.69 Å². The van der Waals surface area contributed by atoms with E-state index >= 15 is 0 Å². The summed E-state index contributed by atoms with van der Waals surface area (Å²) in [5.41, 5.74) is 0.374. The SMILES string of the molecule is COc1ccc(-n2c(-c3ccccn3)nc3cc(C(F)(F)F)ccc32)nn1. The maximum absolute atomic E-state index is 13.1. The smallest absolute Gasteiger partial charge is 0.416 e. The molecule has 4 rings (SSSR count). The van der Waals surface area contributed by atoms with Crippen LogP contribution in [0.5, 0.6) is 5.88 Å². The van der Waals surface area contributed by atoms with Crippen molar-refractivity contribution in [3.63, 3.8) is 0 Å². The van der Waals surface area contributed by atoms with Gasteiger partial charge < -0.3 is 4.74 Å². The Bertz CT molecular complexity index is 1090. The molecule has 0 amide bonds. The third-order valence-electron chi connectivity index (χ3n) is 3.94. The Labute approximate surface area is 151 Å². The molecule has 0 bridgehead atoms. The molecule has 0 aliphatic heterocycles. The van der Waals surface area contributed by atoms with Crippen LogP contribution in [0.1, 0.15) is 5.56 Å². The summed E-state index contributed by atoms with van der Waals surface area (Å²) in [4.78, 5) is 8.63. The van der Waals surface area contributed by atoms with Crippen LogP contribution in [0.4, 0.5) is 13.2 Å². The third-order valence-corrected chi connectivity index (χ3v) is 3.94. The third kappa shape index (κ3) is 3.07. The van der Waals surface area contributed by atoms with Crippen LogP contribution < -0.4 is 4.74 Å². The van der Waals surface area contributed by atoms with Crippen LogP contribution in [-0.4, -0.2) is 31.8 Å². The molecular formula is C18H12F3N5O. The molecule has 0 fully saturated rings. The van der Waals surface area contributed by atoms with E-state index in [0.717, 1.165) is 12.1 Å². The number of pyridine rings is 1. The fraction of sp³-hybridized carbons (Fsp3) is 0.111. The molecule has 27 heavy (non-hydrogen) atoms. The maximum atomic E-state index is 13.1. The highest BCUT2D eigenvalue weighted by molar-refractivity contribution is 5.83. The number of fused-ring (bicyclic) bond motifs is 1. The molecular weight excluding hydrogens is 359 g/mol. The molecule has 0 aliphatic rings. The van der Waals surface area contributed by atoms with Crippen molar-refractivity contribution in [2.75, 3.05) is 7.11 Å². The summed E-state index contributed by atoms with van der Waals surface area (Å²) in [5.74, 6) is 1.07. The van der Waals surface area contributed by atoms with Gasteiger partial charge in [0.2, 0.25) is 5.88 Å². The first-order valence-electron chi connectivity index (χ1n) is 7.86. The number of imidazole rings is 1. The van der Waals surface area contributed by atoms with Gasteiger partial charge in [-0.2, -0.15) is 13.2 Å². The van der Waals surface area contributed by atoms with Gasteiger partial charge in [0, 0.05) is 12.3 Å². The minimum Gasteiger partial charge on any atom is -0.480 e. The number of hydrogen-bond donors (Lipinski definition) is 0. The Morgan fingerprint density at radius 2 is 1.85 bits per heavy atom. The average Bonchev–Trinajstić information content (AvgIpc) is 3.07. The molecule has 0 N–H and O–H groups in total. The lowest BCUT2D eigenvalue weighted by molar-refractivity contribution is -0.137. The average molecular weight is 371 g/mol. The number of rotatable bonds is 3. The summed E-state index contributed by atoms with van der Waals surface area (Å²) >= 11 is 0. The van der Waals surface area contributed by atoms with Crippen LogP contribution in [0.3, 0.4) is 0 Å². The van der Waals surface area contributed by atoms with Crippen molar-refractivity contribution in [1.82, 2.24) is 24.7 Å². The minimum atomic E-state index is -4.46. The topological polar surface area (TPSA) is 65.7 Å². The lowest BCUT2D eigenvalue weighted by atomic mass is 10.2. The first-order chi connectivity index (χ1) is 13.0. The van der Waals surface area contributed by atoms with Crippen LogP contribution in [0, 0.1) is 0 Å². The standard InChI is InChI=1S/C18H12F3N5O/c1-27-16-8-7-15(24-25-16)26-14-6-5-11(18(19,20)21)10-13(14)23-17(26)12-4-2-3-9-22-12/h2-10H,1H3. The monoisotopic (exact) mass is 371 g/mol. The van der Waals surface area contributed by atoms with E-state index in [1.54, 1.807) is 41.1 Å². The van der Waals surface area contributed by atoms with E-state index in [1.807, 2.05) is 0 Å². The van der Waals surface area contributed by atoms with Crippen molar-refractivity contribution >= 4 is 11.0 Å². The van der Waals surface area contributed by atoms with Crippen molar-refractivity contribution in [3.8, 4) is 23.2 Å². The number of benzene rings is 1. The van der Waals surface area contributed by atoms with Gasteiger partial charge in [0.15, 0.2) is 11.6 Å². The van der Waals surface area contributed by atoms with Crippen LogP contribution in [0.2, 0.25) is 0 Å². The molecule has 0 aliphatic carbocycles. The minimum absolute atomic E-state index is 0.183. The maximum Gasteiger partial charge on any atom is 0.416 e. The van der Waals surface area contributed by atoms with Crippen molar-refractivity contribution < 1.29 is 17.9 Å². The zero-order valence-corrected chi connectivity index (χ0v) is 14.0. The number of nitrogens with zero attached hydrogens (tertiary/aromatic N) is 5. The lowest BCUT2D eigenvalue weighted by Gasteiger charge is -2.09. The number of halogens is 3. The number of hydrogen-bond acceptors (Lipinski definition) is 5. The van der Waals surface area contributed by atoms with E-state index in [4.69, 9.17) is 4.74 Å². The molecule has 9 heteroatoms. The fourth-order valence-electron chi connectivity index (χ4n) is 2.70. The van der Waals surface area contributed by atoms with Crippen molar-refractivity contribution in [2.24, 2.45) is 0 Å². The van der Waals surface area contributed by atoms with Crippen molar-refractivity contribution in [2.45, 2.75) is 6.18 Å². The van der Waals surface area contributed by atoms with Gasteiger partial charge >= 0.3 is 6.18 Å². The van der Waals surface area contributed by atoms with E-state index in [1.165, 1.54) is 13.2 Å². The van der Waals surface area contributed by atoms with Crippen LogP contribution in [0.25, 0.3) is 28.4 Å². The second-order valence-corrected chi connectivity index (χ2v) is 5.62. The number of ether oxygens (including phenoxy) is 1. The van der Waals surface area contributed by atoms with Gasteiger partial charge in [-0.25, -0.2) is 4.98 Å². The predicted molar refractivity (Wildman–Crippen MR) is 91.4 cm³/mol. The first-order valence-corrected chi connectivity index (χ1v) is 7.86. The number of methoxy groups -OCH3 is 1. The Kier molecular flexibility index (Phi) is 3.98. The Morgan fingerprint density at radius 3 is 2.48 bits per heavy atom. The summed E-state index contributed by atoms with van der Waals surface area (Å²) in [6, 6.07) is 11.9. The molecule has 1 aromatic carbocycles. The molecule has 0 saturated heterocycles. The largest absolute Gasteiger partial charge is 0.480 e. The summed E-state index contributed by atoms with van der Waals surface area (Å²) in [6.07, 6.45) is -2.87. The van der Waals surface area contributed by atoms with Gasteiger partial charge in [-0.15, -0.1) is 10.2 Å². The molecule has 3 heterocycles. The molecule has 0 spiro atoms. The summed E-state index contributed by atoms with van der Waals surface area (Å²) in [5, 5.41) is 8.03. The van der Waals surface area contributed by atoms with Crippen LogP contribution in [0.15, 0.2) is 54.7 Å². The summed E-state index contributed by atoms with van der Waals surface area (Å²) in [7, 11) is 1.47. The van der Waals surface area contributed by atoms with E-state index < -0.39 is 11.7 Å². The molecule has 0 radical (unpaired) electrons. The van der Waals surface area contributed by atoms with Gasteiger partial charge in [-0.3, -0.25) is 9.55 Å². The van der Waals surface area contributed by atoms with Crippen molar-refractivity contribution in [1.29, 1.82) is 0 Å². The van der Waals surface area contributed by atoms with E-state index in [2.05, 4.69) is 20.2 Å². The van der Waals surface area contributed by atoms with Gasteiger partial charge in [-0.1, -0.05) is 6.07 Å².